The van der Waals surface area contributed by atoms with Crippen molar-refractivity contribution < 1.29 is 9.53 Å². The van der Waals surface area contributed by atoms with E-state index >= 15 is 0 Å². The lowest BCUT2D eigenvalue weighted by Crippen LogP contribution is -2.33. The van der Waals surface area contributed by atoms with Gasteiger partial charge in [0.15, 0.2) is 0 Å². The zero-order valence-electron chi connectivity index (χ0n) is 18.6. The number of fused-ring (bicyclic) bond motifs is 1. The zero-order valence-corrected chi connectivity index (χ0v) is 18.6. The van der Waals surface area contributed by atoms with Crippen LogP contribution in [0.5, 0.6) is 5.75 Å². The lowest BCUT2D eigenvalue weighted by Gasteiger charge is -2.25. The van der Waals surface area contributed by atoms with E-state index in [4.69, 9.17) is 9.72 Å². The molecule has 0 aliphatic carbocycles. The molecule has 0 bridgehead atoms. The molecule has 3 rings (SSSR count). The van der Waals surface area contributed by atoms with Crippen molar-refractivity contribution in [1.82, 2.24) is 14.5 Å². The van der Waals surface area contributed by atoms with Crippen molar-refractivity contribution in [2.75, 3.05) is 13.7 Å². The van der Waals surface area contributed by atoms with E-state index in [9.17, 15) is 4.79 Å². The van der Waals surface area contributed by atoms with Crippen molar-refractivity contribution in [3.8, 4) is 5.75 Å². The third-order valence-corrected chi connectivity index (χ3v) is 5.40. The lowest BCUT2D eigenvalue weighted by molar-refractivity contribution is 0.0726. The van der Waals surface area contributed by atoms with Gasteiger partial charge in [0.2, 0.25) is 0 Å². The number of hydrogen-bond acceptors (Lipinski definition) is 3. The molecule has 0 saturated carbocycles. The second-order valence-corrected chi connectivity index (χ2v) is 8.13. The first-order valence-corrected chi connectivity index (χ1v) is 10.9. The molecule has 0 aliphatic heterocycles. The van der Waals surface area contributed by atoms with Gasteiger partial charge in [0.25, 0.3) is 5.91 Å². The summed E-state index contributed by atoms with van der Waals surface area (Å²) in [6.07, 6.45) is 3.14. The summed E-state index contributed by atoms with van der Waals surface area (Å²) in [6, 6.07) is 15.7. The molecule has 1 heterocycles. The van der Waals surface area contributed by atoms with E-state index in [-0.39, 0.29) is 5.91 Å². The minimum absolute atomic E-state index is 0.0119. The van der Waals surface area contributed by atoms with E-state index in [0.29, 0.717) is 30.3 Å². The molecule has 0 radical (unpaired) electrons. The molecular formula is C25H33N3O2. The largest absolute Gasteiger partial charge is 0.496 e. The van der Waals surface area contributed by atoms with Crippen LogP contribution in [0.25, 0.3) is 11.0 Å². The maximum atomic E-state index is 13.5. The van der Waals surface area contributed by atoms with Crippen LogP contribution >= 0.6 is 0 Å². The number of unbranched alkanes of at least 4 members (excludes halogenated alkanes) is 1. The molecule has 5 heteroatoms. The maximum Gasteiger partial charge on any atom is 0.258 e. The summed E-state index contributed by atoms with van der Waals surface area (Å²) in [5, 5.41) is 0. The molecule has 0 unspecified atom stereocenters. The van der Waals surface area contributed by atoms with Crippen molar-refractivity contribution >= 4 is 16.9 Å². The highest BCUT2D eigenvalue weighted by Crippen LogP contribution is 2.23. The topological polar surface area (TPSA) is 47.4 Å². The number of nitrogens with zero attached hydrogens (tertiary/aromatic N) is 3. The van der Waals surface area contributed by atoms with Crippen molar-refractivity contribution in [3.05, 3.63) is 59.9 Å². The Morgan fingerprint density at radius 3 is 2.60 bits per heavy atom. The normalized spacial score (nSPS) is 11.2. The highest BCUT2D eigenvalue weighted by atomic mass is 16.5. The molecule has 160 valence electrons. The van der Waals surface area contributed by atoms with E-state index in [1.54, 1.807) is 7.11 Å². The minimum atomic E-state index is -0.0119. The van der Waals surface area contributed by atoms with Crippen LogP contribution in [0, 0.1) is 5.92 Å². The Bertz CT molecular complexity index is 977. The van der Waals surface area contributed by atoms with Gasteiger partial charge in [0.05, 0.1) is 30.3 Å². The fourth-order valence-corrected chi connectivity index (χ4v) is 3.64. The highest BCUT2D eigenvalue weighted by molar-refractivity contribution is 5.97. The number of aryl methyl sites for hydroxylation is 1. The number of carbonyl (C=O) groups excluding carboxylic acids is 1. The summed E-state index contributed by atoms with van der Waals surface area (Å²) in [5.41, 5.74) is 2.71. The van der Waals surface area contributed by atoms with Crippen molar-refractivity contribution in [3.63, 3.8) is 0 Å². The number of imidazole rings is 1. The number of amides is 1. The fraction of sp³-hybridized carbons (Fsp3) is 0.440. The number of rotatable bonds is 10. The van der Waals surface area contributed by atoms with Gasteiger partial charge in [-0.3, -0.25) is 4.79 Å². The molecular weight excluding hydrogens is 374 g/mol. The summed E-state index contributed by atoms with van der Waals surface area (Å²) in [5.74, 6) is 2.05. The van der Waals surface area contributed by atoms with Crippen LogP contribution in [0.15, 0.2) is 48.5 Å². The lowest BCUT2D eigenvalue weighted by atomic mass is 10.1. The minimum Gasteiger partial charge on any atom is -0.496 e. The van der Waals surface area contributed by atoms with Crippen LogP contribution in [0.2, 0.25) is 0 Å². The Hall–Kier alpha value is -2.82. The smallest absolute Gasteiger partial charge is 0.258 e. The summed E-state index contributed by atoms with van der Waals surface area (Å²) >= 11 is 0. The van der Waals surface area contributed by atoms with Crippen LogP contribution in [-0.2, 0) is 13.1 Å². The summed E-state index contributed by atoms with van der Waals surface area (Å²) in [7, 11) is 1.61. The second-order valence-electron chi connectivity index (χ2n) is 8.13. The molecule has 0 spiro atoms. The van der Waals surface area contributed by atoms with Crippen molar-refractivity contribution in [2.24, 2.45) is 5.92 Å². The van der Waals surface area contributed by atoms with Crippen molar-refractivity contribution in [2.45, 2.75) is 53.1 Å². The molecule has 30 heavy (non-hydrogen) atoms. The first kappa shape index (κ1) is 21.9. The molecule has 1 aromatic heterocycles. The maximum absolute atomic E-state index is 13.5. The molecule has 0 N–H and O–H groups in total. The summed E-state index contributed by atoms with van der Waals surface area (Å²) in [6.45, 7) is 8.64. The quantitative estimate of drug-likeness (QED) is 0.444. The molecule has 3 aromatic rings. The van der Waals surface area contributed by atoms with Crippen LogP contribution in [0.3, 0.4) is 0 Å². The Kier molecular flexibility index (Phi) is 7.50. The molecule has 1 amide bonds. The van der Waals surface area contributed by atoms with Crippen LogP contribution in [-0.4, -0.2) is 34.0 Å². The van der Waals surface area contributed by atoms with Gasteiger partial charge in [-0.1, -0.05) is 51.5 Å². The van der Waals surface area contributed by atoms with Crippen LogP contribution in [0.1, 0.15) is 56.2 Å². The highest BCUT2D eigenvalue weighted by Gasteiger charge is 2.22. The van der Waals surface area contributed by atoms with Gasteiger partial charge in [0, 0.05) is 13.1 Å². The third kappa shape index (κ3) is 5.02. The van der Waals surface area contributed by atoms with Gasteiger partial charge < -0.3 is 14.2 Å². The fourth-order valence-electron chi connectivity index (χ4n) is 3.64. The third-order valence-electron chi connectivity index (χ3n) is 5.40. The van der Waals surface area contributed by atoms with Gasteiger partial charge in [0.1, 0.15) is 11.6 Å². The molecule has 0 saturated heterocycles. The SMILES string of the molecule is CCCCn1c(CN(CCC(C)C)C(=O)c2ccccc2OC)nc2ccccc21. The summed E-state index contributed by atoms with van der Waals surface area (Å²) < 4.78 is 7.72. The number of methoxy groups -OCH3 is 1. The Labute approximate surface area is 179 Å². The standard InChI is InChI=1S/C25H33N3O2/c1-5-6-16-28-22-13-9-8-12-21(22)26-24(28)18-27(17-15-19(2)3)25(29)20-11-7-10-14-23(20)30-4/h7-14,19H,5-6,15-18H2,1-4H3. The zero-order chi connectivity index (χ0) is 21.5. The summed E-state index contributed by atoms with van der Waals surface area (Å²) in [4.78, 5) is 20.3. The van der Waals surface area contributed by atoms with Gasteiger partial charge in [-0.25, -0.2) is 4.98 Å². The number of aromatic nitrogens is 2. The predicted octanol–water partition coefficient (Wildman–Crippen LogP) is 5.53. The van der Waals surface area contributed by atoms with E-state index < -0.39 is 0 Å². The number of para-hydroxylation sites is 3. The molecule has 0 atom stereocenters. The average molecular weight is 408 g/mol. The van der Waals surface area contributed by atoms with E-state index in [0.717, 1.165) is 42.7 Å². The number of ether oxygens (including phenoxy) is 1. The number of benzene rings is 2. The van der Waals surface area contributed by atoms with Crippen molar-refractivity contribution in [1.29, 1.82) is 0 Å². The first-order chi connectivity index (χ1) is 14.5. The monoisotopic (exact) mass is 407 g/mol. The second kappa shape index (κ2) is 10.3. The number of carbonyl (C=O) groups is 1. The van der Waals surface area contributed by atoms with E-state index in [1.807, 2.05) is 47.4 Å². The molecule has 5 nitrogen and oxygen atoms in total. The molecule has 0 aliphatic rings. The Morgan fingerprint density at radius 1 is 1.13 bits per heavy atom. The van der Waals surface area contributed by atoms with Gasteiger partial charge in [-0.2, -0.15) is 0 Å². The van der Waals surface area contributed by atoms with Crippen LogP contribution in [0.4, 0.5) is 0 Å². The average Bonchev–Trinajstić information content (AvgIpc) is 3.11. The molecule has 2 aromatic carbocycles. The first-order valence-electron chi connectivity index (χ1n) is 10.9. The van der Waals surface area contributed by atoms with E-state index in [2.05, 4.69) is 31.4 Å². The molecule has 0 fully saturated rings. The number of hydrogen-bond donors (Lipinski definition) is 0. The Morgan fingerprint density at radius 2 is 1.87 bits per heavy atom. The van der Waals surface area contributed by atoms with Gasteiger partial charge >= 0.3 is 0 Å². The van der Waals surface area contributed by atoms with Gasteiger partial charge in [-0.05, 0) is 43.0 Å². The van der Waals surface area contributed by atoms with Crippen LogP contribution < -0.4 is 4.74 Å². The Balaban J connectivity index is 1.96. The van der Waals surface area contributed by atoms with Gasteiger partial charge in [-0.15, -0.1) is 0 Å². The predicted molar refractivity (Wildman–Crippen MR) is 122 cm³/mol. The van der Waals surface area contributed by atoms with E-state index in [1.165, 1.54) is 0 Å².